The van der Waals surface area contributed by atoms with Gasteiger partial charge in [0.1, 0.15) is 0 Å². The van der Waals surface area contributed by atoms with E-state index in [0.717, 1.165) is 13.1 Å². The predicted octanol–water partition coefficient (Wildman–Crippen LogP) is 3.41. The molecule has 1 aliphatic heterocycles. The Kier molecular flexibility index (Phi) is 3.89. The molecule has 1 aromatic rings. The van der Waals surface area contributed by atoms with E-state index in [-0.39, 0.29) is 11.6 Å². The Labute approximate surface area is 131 Å². The normalized spacial score (nSPS) is 24.0. The highest BCUT2D eigenvalue weighted by atomic mass is 79.9. The summed E-state index contributed by atoms with van der Waals surface area (Å²) in [5.41, 5.74) is 0.656. The molecule has 1 aliphatic carbocycles. The number of hydrogen-bond acceptors (Lipinski definition) is 2. The van der Waals surface area contributed by atoms with E-state index in [0.29, 0.717) is 22.0 Å². The fourth-order valence-corrected chi connectivity index (χ4v) is 3.69. The van der Waals surface area contributed by atoms with Gasteiger partial charge in [0, 0.05) is 17.6 Å². The van der Waals surface area contributed by atoms with Gasteiger partial charge in [0.25, 0.3) is 0 Å². The lowest BCUT2D eigenvalue weighted by molar-refractivity contribution is 0.0697. The van der Waals surface area contributed by atoms with E-state index in [1.165, 1.54) is 31.4 Å². The number of fused-ring (bicyclic) bond motifs is 1. The maximum absolute atomic E-state index is 12.3. The first-order chi connectivity index (χ1) is 10.0. The molecule has 112 valence electrons. The third-order valence-corrected chi connectivity index (χ3v) is 5.16. The van der Waals surface area contributed by atoms with Gasteiger partial charge in [-0.2, -0.15) is 0 Å². The molecule has 2 atom stereocenters. The van der Waals surface area contributed by atoms with Crippen LogP contribution in [0.3, 0.4) is 0 Å². The third-order valence-electron chi connectivity index (χ3n) is 4.47. The van der Waals surface area contributed by atoms with Crippen molar-refractivity contribution in [3.8, 4) is 0 Å². The fourth-order valence-electron chi connectivity index (χ4n) is 3.35. The van der Waals surface area contributed by atoms with Crippen LogP contribution >= 0.6 is 15.9 Å². The monoisotopic (exact) mass is 352 g/mol. The molecule has 0 spiro atoms. The predicted molar refractivity (Wildman–Crippen MR) is 82.5 cm³/mol. The van der Waals surface area contributed by atoms with Gasteiger partial charge in [0.15, 0.2) is 0 Å². The van der Waals surface area contributed by atoms with Crippen LogP contribution in [-0.2, 0) is 0 Å². The number of carboxylic acids is 1. The largest absolute Gasteiger partial charge is 0.478 e. The number of hydrogen-bond donors (Lipinski definition) is 2. The summed E-state index contributed by atoms with van der Waals surface area (Å²) in [6.45, 7) is 1.62. The molecular formula is C15H17BrN2O3. The SMILES string of the molecule is O=C(O)c1ccc(Br)c(NC(=O)N2CC3CCCC3C2)c1. The number of nitrogens with zero attached hydrogens (tertiary/aromatic N) is 1. The Morgan fingerprint density at radius 3 is 2.52 bits per heavy atom. The van der Waals surface area contributed by atoms with E-state index in [9.17, 15) is 9.59 Å². The second-order valence-corrected chi connectivity index (χ2v) is 6.64. The molecule has 1 saturated carbocycles. The molecule has 2 fully saturated rings. The summed E-state index contributed by atoms with van der Waals surface area (Å²) in [6.07, 6.45) is 3.70. The number of benzene rings is 1. The fraction of sp³-hybridized carbons (Fsp3) is 0.467. The number of amides is 2. The van der Waals surface area contributed by atoms with Crippen LogP contribution in [0.15, 0.2) is 22.7 Å². The minimum atomic E-state index is -1.01. The number of anilines is 1. The van der Waals surface area contributed by atoms with Crippen molar-refractivity contribution in [1.82, 2.24) is 4.90 Å². The van der Waals surface area contributed by atoms with Gasteiger partial charge in [-0.05, 0) is 58.8 Å². The third kappa shape index (κ3) is 2.90. The highest BCUT2D eigenvalue weighted by Crippen LogP contribution is 2.38. The first kappa shape index (κ1) is 14.4. The summed E-state index contributed by atoms with van der Waals surface area (Å²) in [4.78, 5) is 25.2. The average Bonchev–Trinajstić information content (AvgIpc) is 3.01. The van der Waals surface area contributed by atoms with Crippen LogP contribution in [-0.4, -0.2) is 35.1 Å². The molecule has 2 amide bonds. The van der Waals surface area contributed by atoms with Gasteiger partial charge in [0.05, 0.1) is 11.3 Å². The lowest BCUT2D eigenvalue weighted by atomic mass is 10.0. The van der Waals surface area contributed by atoms with Crippen LogP contribution in [0.5, 0.6) is 0 Å². The highest BCUT2D eigenvalue weighted by Gasteiger charge is 2.38. The van der Waals surface area contributed by atoms with Crippen molar-refractivity contribution in [3.05, 3.63) is 28.2 Å². The molecule has 5 nitrogen and oxygen atoms in total. The number of carboxylic acid groups (broad SMARTS) is 1. The van der Waals surface area contributed by atoms with E-state index < -0.39 is 5.97 Å². The Balaban J connectivity index is 1.70. The van der Waals surface area contributed by atoms with E-state index in [4.69, 9.17) is 5.11 Å². The van der Waals surface area contributed by atoms with E-state index in [1.54, 1.807) is 6.07 Å². The number of carbonyl (C=O) groups excluding carboxylic acids is 1. The van der Waals surface area contributed by atoms with Gasteiger partial charge in [0.2, 0.25) is 0 Å². The first-order valence-corrected chi connectivity index (χ1v) is 7.92. The van der Waals surface area contributed by atoms with Crippen LogP contribution in [0.4, 0.5) is 10.5 Å². The number of urea groups is 1. The summed E-state index contributed by atoms with van der Waals surface area (Å²) in [6, 6.07) is 4.47. The van der Waals surface area contributed by atoms with Crippen LogP contribution in [0.2, 0.25) is 0 Å². The number of nitrogens with one attached hydrogen (secondary N) is 1. The van der Waals surface area contributed by atoms with Crippen molar-refractivity contribution in [2.24, 2.45) is 11.8 Å². The Morgan fingerprint density at radius 2 is 1.90 bits per heavy atom. The van der Waals surface area contributed by atoms with Gasteiger partial charge in [-0.15, -0.1) is 0 Å². The topological polar surface area (TPSA) is 69.6 Å². The van der Waals surface area contributed by atoms with Crippen molar-refractivity contribution in [1.29, 1.82) is 0 Å². The van der Waals surface area contributed by atoms with Gasteiger partial charge in [-0.25, -0.2) is 9.59 Å². The van der Waals surface area contributed by atoms with Crippen LogP contribution < -0.4 is 5.32 Å². The van der Waals surface area contributed by atoms with E-state index in [2.05, 4.69) is 21.2 Å². The molecule has 21 heavy (non-hydrogen) atoms. The molecule has 2 aliphatic rings. The van der Waals surface area contributed by atoms with E-state index >= 15 is 0 Å². The minimum absolute atomic E-state index is 0.146. The number of halogens is 1. The van der Waals surface area contributed by atoms with Crippen LogP contribution in [0.1, 0.15) is 29.6 Å². The quantitative estimate of drug-likeness (QED) is 0.856. The maximum Gasteiger partial charge on any atom is 0.335 e. The second-order valence-electron chi connectivity index (χ2n) is 5.79. The zero-order valence-corrected chi connectivity index (χ0v) is 13.1. The minimum Gasteiger partial charge on any atom is -0.478 e. The number of likely N-dealkylation sites (tertiary alicyclic amines) is 1. The van der Waals surface area contributed by atoms with Gasteiger partial charge in [-0.1, -0.05) is 6.42 Å². The lowest BCUT2D eigenvalue weighted by Gasteiger charge is -2.19. The first-order valence-electron chi connectivity index (χ1n) is 7.13. The molecule has 1 heterocycles. The van der Waals surface area contributed by atoms with Crippen molar-refractivity contribution < 1.29 is 14.7 Å². The summed E-state index contributed by atoms with van der Waals surface area (Å²) in [5, 5.41) is 11.8. The molecule has 2 N–H and O–H groups in total. The molecule has 0 aromatic heterocycles. The van der Waals surface area contributed by atoms with Crippen LogP contribution in [0, 0.1) is 11.8 Å². The Morgan fingerprint density at radius 1 is 1.24 bits per heavy atom. The van der Waals surface area contributed by atoms with Crippen LogP contribution in [0.25, 0.3) is 0 Å². The summed E-state index contributed by atoms with van der Waals surface area (Å²) in [7, 11) is 0. The molecule has 0 bridgehead atoms. The average molecular weight is 353 g/mol. The van der Waals surface area contributed by atoms with Gasteiger partial charge < -0.3 is 15.3 Å². The maximum atomic E-state index is 12.3. The molecule has 6 heteroatoms. The Bertz CT molecular complexity index is 578. The number of carbonyl (C=O) groups is 2. The van der Waals surface area contributed by atoms with Crippen molar-refractivity contribution in [2.45, 2.75) is 19.3 Å². The smallest absolute Gasteiger partial charge is 0.335 e. The second kappa shape index (κ2) is 5.67. The number of aromatic carboxylic acids is 1. The highest BCUT2D eigenvalue weighted by molar-refractivity contribution is 9.10. The molecule has 3 rings (SSSR count). The zero-order chi connectivity index (χ0) is 15.0. The van der Waals surface area contributed by atoms with Crippen molar-refractivity contribution in [3.63, 3.8) is 0 Å². The molecule has 1 aromatic carbocycles. The summed E-state index contributed by atoms with van der Waals surface area (Å²) in [5.74, 6) is 0.280. The molecule has 1 saturated heterocycles. The van der Waals surface area contributed by atoms with Crippen molar-refractivity contribution in [2.75, 3.05) is 18.4 Å². The molecular weight excluding hydrogens is 336 g/mol. The zero-order valence-electron chi connectivity index (χ0n) is 11.5. The summed E-state index contributed by atoms with van der Waals surface area (Å²) < 4.78 is 0.681. The lowest BCUT2D eigenvalue weighted by Crippen LogP contribution is -2.33. The van der Waals surface area contributed by atoms with Gasteiger partial charge in [-0.3, -0.25) is 0 Å². The number of rotatable bonds is 2. The molecule has 2 unspecified atom stereocenters. The van der Waals surface area contributed by atoms with Gasteiger partial charge >= 0.3 is 12.0 Å². The Hall–Kier alpha value is -1.56. The van der Waals surface area contributed by atoms with E-state index in [1.807, 2.05) is 4.90 Å². The van der Waals surface area contributed by atoms with Crippen molar-refractivity contribution >= 4 is 33.6 Å². The standard InChI is InChI=1S/C15H17BrN2O3/c16-12-5-4-9(14(19)20)6-13(12)17-15(21)18-7-10-2-1-3-11(10)8-18/h4-6,10-11H,1-3,7-8H2,(H,17,21)(H,19,20). The summed E-state index contributed by atoms with van der Waals surface area (Å²) >= 11 is 3.34. The molecule has 0 radical (unpaired) electrons.